The molecule has 31 heavy (non-hydrogen) atoms. The summed E-state index contributed by atoms with van der Waals surface area (Å²) >= 11 is 0. The van der Waals surface area contributed by atoms with Gasteiger partial charge in [-0.05, 0) is 55.7 Å². The standard InChI is InChI=1S/C24H27N3O4/c1-6-20(24(29)25-18-9-11-21(30-4)22(14-18)31-5)27-23(28)12-10-19(26-27)17-8-7-15(2)16(3)13-17/h7-14,20H,6H2,1-5H3,(H,25,29)/t20-/m0/s1. The number of aryl methyl sites for hydroxylation is 2. The van der Waals surface area contributed by atoms with Gasteiger partial charge in [-0.15, -0.1) is 0 Å². The SMILES string of the molecule is CC[C@@H](C(=O)Nc1ccc(OC)c(OC)c1)n1nc(-c2ccc(C)c(C)c2)ccc1=O. The van der Waals surface area contributed by atoms with Crippen LogP contribution in [-0.2, 0) is 4.79 Å². The van der Waals surface area contributed by atoms with Gasteiger partial charge in [0.25, 0.3) is 5.56 Å². The van der Waals surface area contributed by atoms with E-state index in [2.05, 4.69) is 10.4 Å². The number of methoxy groups -OCH3 is 2. The molecule has 0 unspecified atom stereocenters. The van der Waals surface area contributed by atoms with Crippen LogP contribution >= 0.6 is 0 Å². The molecule has 1 atom stereocenters. The third kappa shape index (κ3) is 4.77. The summed E-state index contributed by atoms with van der Waals surface area (Å²) in [5.74, 6) is 0.730. The number of aromatic nitrogens is 2. The number of benzene rings is 2. The molecule has 3 aromatic rings. The molecule has 3 rings (SSSR count). The highest BCUT2D eigenvalue weighted by atomic mass is 16.5. The van der Waals surface area contributed by atoms with Gasteiger partial charge in [-0.1, -0.05) is 19.1 Å². The quantitative estimate of drug-likeness (QED) is 0.620. The van der Waals surface area contributed by atoms with E-state index in [0.29, 0.717) is 29.3 Å². The molecule has 0 aliphatic rings. The molecule has 0 fully saturated rings. The van der Waals surface area contributed by atoms with E-state index in [1.54, 1.807) is 31.4 Å². The van der Waals surface area contributed by atoms with Gasteiger partial charge in [0.1, 0.15) is 6.04 Å². The van der Waals surface area contributed by atoms with E-state index in [0.717, 1.165) is 11.1 Å². The second-order valence-corrected chi connectivity index (χ2v) is 7.28. The summed E-state index contributed by atoms with van der Waals surface area (Å²) in [5, 5.41) is 7.35. The molecular formula is C24H27N3O4. The lowest BCUT2D eigenvalue weighted by atomic mass is 10.0. The number of amides is 1. The Kier molecular flexibility index (Phi) is 6.74. The third-order valence-electron chi connectivity index (χ3n) is 5.26. The minimum Gasteiger partial charge on any atom is -0.493 e. The molecule has 0 spiro atoms. The number of anilines is 1. The van der Waals surface area contributed by atoms with Gasteiger partial charge in [-0.3, -0.25) is 9.59 Å². The third-order valence-corrected chi connectivity index (χ3v) is 5.26. The second-order valence-electron chi connectivity index (χ2n) is 7.28. The van der Waals surface area contributed by atoms with E-state index in [4.69, 9.17) is 9.47 Å². The molecule has 0 aliphatic heterocycles. The van der Waals surface area contributed by atoms with Gasteiger partial charge >= 0.3 is 0 Å². The highest BCUT2D eigenvalue weighted by Gasteiger charge is 2.22. The van der Waals surface area contributed by atoms with Crippen LogP contribution in [0.5, 0.6) is 11.5 Å². The predicted molar refractivity (Wildman–Crippen MR) is 121 cm³/mol. The van der Waals surface area contributed by atoms with E-state index >= 15 is 0 Å². The summed E-state index contributed by atoms with van der Waals surface area (Å²) in [6.45, 7) is 5.91. The van der Waals surface area contributed by atoms with Gasteiger partial charge in [-0.2, -0.15) is 5.10 Å². The lowest BCUT2D eigenvalue weighted by Crippen LogP contribution is -2.34. The van der Waals surface area contributed by atoms with Crippen molar-refractivity contribution < 1.29 is 14.3 Å². The Morgan fingerprint density at radius 2 is 1.74 bits per heavy atom. The lowest BCUT2D eigenvalue weighted by Gasteiger charge is -2.18. The van der Waals surface area contributed by atoms with E-state index in [1.807, 2.05) is 39.0 Å². The van der Waals surface area contributed by atoms with Crippen LogP contribution in [0, 0.1) is 13.8 Å². The maximum atomic E-state index is 13.0. The number of carbonyl (C=O) groups excluding carboxylic acids is 1. The number of carbonyl (C=O) groups is 1. The number of hydrogen-bond donors (Lipinski definition) is 1. The summed E-state index contributed by atoms with van der Waals surface area (Å²) < 4.78 is 11.8. The first-order valence-electron chi connectivity index (χ1n) is 10.1. The van der Waals surface area contributed by atoms with Crippen molar-refractivity contribution in [3.05, 3.63) is 70.0 Å². The molecule has 0 radical (unpaired) electrons. The molecule has 0 saturated carbocycles. The van der Waals surface area contributed by atoms with Crippen molar-refractivity contribution >= 4 is 11.6 Å². The highest BCUT2D eigenvalue weighted by Crippen LogP contribution is 2.30. The van der Waals surface area contributed by atoms with Gasteiger partial charge in [0.2, 0.25) is 5.91 Å². The van der Waals surface area contributed by atoms with Crippen LogP contribution < -0.4 is 20.3 Å². The Labute approximate surface area is 181 Å². The van der Waals surface area contributed by atoms with Crippen molar-refractivity contribution in [1.29, 1.82) is 0 Å². The average Bonchev–Trinajstić information content (AvgIpc) is 2.77. The fourth-order valence-corrected chi connectivity index (χ4v) is 3.31. The Morgan fingerprint density at radius 3 is 2.39 bits per heavy atom. The van der Waals surface area contributed by atoms with Crippen LogP contribution in [0.1, 0.15) is 30.5 Å². The summed E-state index contributed by atoms with van der Waals surface area (Å²) in [5.41, 5.74) is 4.06. The molecule has 7 nitrogen and oxygen atoms in total. The molecule has 1 amide bonds. The van der Waals surface area contributed by atoms with Crippen LogP contribution in [-0.4, -0.2) is 29.9 Å². The Bertz CT molecular complexity index is 1150. The van der Waals surface area contributed by atoms with Crippen molar-refractivity contribution in [2.75, 3.05) is 19.5 Å². The average molecular weight is 421 g/mol. The van der Waals surface area contributed by atoms with Crippen LogP contribution in [0.2, 0.25) is 0 Å². The topological polar surface area (TPSA) is 82.4 Å². The van der Waals surface area contributed by atoms with Gasteiger partial charge < -0.3 is 14.8 Å². The van der Waals surface area contributed by atoms with Crippen LogP contribution in [0.4, 0.5) is 5.69 Å². The summed E-state index contributed by atoms with van der Waals surface area (Å²) in [4.78, 5) is 25.6. The first-order valence-corrected chi connectivity index (χ1v) is 10.1. The zero-order valence-corrected chi connectivity index (χ0v) is 18.4. The first kappa shape index (κ1) is 22.1. The second kappa shape index (κ2) is 9.47. The molecule has 7 heteroatoms. The summed E-state index contributed by atoms with van der Waals surface area (Å²) in [6.07, 6.45) is 0.405. The van der Waals surface area contributed by atoms with E-state index < -0.39 is 6.04 Å². The normalized spacial score (nSPS) is 11.6. The molecule has 162 valence electrons. The Balaban J connectivity index is 1.92. The smallest absolute Gasteiger partial charge is 0.267 e. The fourth-order valence-electron chi connectivity index (χ4n) is 3.31. The zero-order valence-electron chi connectivity index (χ0n) is 18.4. The van der Waals surface area contributed by atoms with E-state index in [9.17, 15) is 9.59 Å². The zero-order chi connectivity index (χ0) is 22.5. The monoisotopic (exact) mass is 421 g/mol. The van der Waals surface area contributed by atoms with Crippen molar-refractivity contribution in [1.82, 2.24) is 9.78 Å². The molecule has 0 saturated heterocycles. The minimum absolute atomic E-state index is 0.332. The molecule has 2 aromatic carbocycles. The molecule has 1 heterocycles. The van der Waals surface area contributed by atoms with Crippen molar-refractivity contribution in [2.45, 2.75) is 33.2 Å². The van der Waals surface area contributed by atoms with Gasteiger partial charge in [0, 0.05) is 23.4 Å². The Hall–Kier alpha value is -3.61. The van der Waals surface area contributed by atoms with E-state index in [1.165, 1.54) is 23.4 Å². The molecule has 0 bridgehead atoms. The van der Waals surface area contributed by atoms with Crippen molar-refractivity contribution in [2.24, 2.45) is 0 Å². The van der Waals surface area contributed by atoms with E-state index in [-0.39, 0.29) is 11.5 Å². The van der Waals surface area contributed by atoms with Crippen LogP contribution in [0.15, 0.2) is 53.3 Å². The minimum atomic E-state index is -0.757. The predicted octanol–water partition coefficient (Wildman–Crippen LogP) is 4.13. The van der Waals surface area contributed by atoms with Crippen molar-refractivity contribution in [3.8, 4) is 22.8 Å². The highest BCUT2D eigenvalue weighted by molar-refractivity contribution is 5.94. The number of ether oxygens (including phenoxy) is 2. The first-order chi connectivity index (χ1) is 14.9. The van der Waals surface area contributed by atoms with Crippen LogP contribution in [0.3, 0.4) is 0 Å². The molecule has 1 aromatic heterocycles. The maximum Gasteiger partial charge on any atom is 0.267 e. The number of nitrogens with zero attached hydrogens (tertiary/aromatic N) is 2. The molecule has 0 aliphatic carbocycles. The van der Waals surface area contributed by atoms with Gasteiger partial charge in [-0.25, -0.2) is 4.68 Å². The number of rotatable bonds is 7. The molecular weight excluding hydrogens is 394 g/mol. The van der Waals surface area contributed by atoms with Crippen LogP contribution in [0.25, 0.3) is 11.3 Å². The largest absolute Gasteiger partial charge is 0.493 e. The number of hydrogen-bond acceptors (Lipinski definition) is 5. The lowest BCUT2D eigenvalue weighted by molar-refractivity contribution is -0.119. The fraction of sp³-hybridized carbons (Fsp3) is 0.292. The van der Waals surface area contributed by atoms with Gasteiger partial charge in [0.15, 0.2) is 11.5 Å². The Morgan fingerprint density at radius 1 is 1.00 bits per heavy atom. The maximum absolute atomic E-state index is 13.0. The summed E-state index contributed by atoms with van der Waals surface area (Å²) in [6, 6.07) is 13.5. The number of nitrogens with one attached hydrogen (secondary N) is 1. The van der Waals surface area contributed by atoms with Gasteiger partial charge in [0.05, 0.1) is 19.9 Å². The summed E-state index contributed by atoms with van der Waals surface area (Å²) in [7, 11) is 3.07. The van der Waals surface area contributed by atoms with Crippen molar-refractivity contribution in [3.63, 3.8) is 0 Å². The molecule has 1 N–H and O–H groups in total.